The summed E-state index contributed by atoms with van der Waals surface area (Å²) in [6.45, 7) is 15.4. The first-order chi connectivity index (χ1) is 23.1. The number of carbonyl (C=O) groups is 6. The predicted molar refractivity (Wildman–Crippen MR) is 187 cm³/mol. The van der Waals surface area contributed by atoms with E-state index in [0.717, 1.165) is 44.9 Å². The van der Waals surface area contributed by atoms with Crippen molar-refractivity contribution >= 4 is 46.7 Å². The quantitative estimate of drug-likeness (QED) is 0.171. The fourth-order valence-electron chi connectivity index (χ4n) is 7.15. The van der Waals surface area contributed by atoms with E-state index in [1.54, 1.807) is 5.38 Å². The number of carbonyl (C=O) groups excluding carboxylic acids is 6. The standard InChI is InChI=1S/C36H54N6O6S/c1-8-16-37-30(45)26(43)24(19-23-12-13-23)39-29(44)25-22(3)21(2)20-42(25)34(48)28(35(4,5)6)41-31(46)27(36(7)14-10-9-11-15-36)40-32(47)33-38-17-18-49-33/h8,17-18,21-25,27-28H,1,9-16,19-20H2,2-7H3,(H,37,45)(H,39,44)(H,40,47)(H,41,46)/t21-,22?,24?,25-,27?,28+/m0/s1. The molecule has 0 aromatic carbocycles. The molecule has 0 bridgehead atoms. The maximum absolute atomic E-state index is 14.6. The van der Waals surface area contributed by atoms with E-state index in [0.29, 0.717) is 6.42 Å². The number of hydrogen-bond donors (Lipinski definition) is 4. The van der Waals surface area contributed by atoms with E-state index >= 15 is 0 Å². The molecule has 1 aromatic rings. The Morgan fingerprint density at radius 3 is 2.31 bits per heavy atom. The zero-order valence-corrected chi connectivity index (χ0v) is 30.6. The lowest BCUT2D eigenvalue weighted by molar-refractivity contribution is -0.146. The molecule has 3 aliphatic rings. The van der Waals surface area contributed by atoms with Crippen LogP contribution in [0.25, 0.3) is 0 Å². The van der Waals surface area contributed by atoms with E-state index in [4.69, 9.17) is 0 Å². The second kappa shape index (κ2) is 15.9. The Morgan fingerprint density at radius 2 is 1.73 bits per heavy atom. The molecule has 2 saturated carbocycles. The molecule has 1 saturated heterocycles. The number of nitrogens with zero attached hydrogens (tertiary/aromatic N) is 2. The molecule has 1 aromatic heterocycles. The molecule has 3 fully saturated rings. The zero-order chi connectivity index (χ0) is 36.1. The van der Waals surface area contributed by atoms with Gasteiger partial charge in [0.05, 0.1) is 6.04 Å². The van der Waals surface area contributed by atoms with Crippen molar-refractivity contribution in [2.75, 3.05) is 13.1 Å². The summed E-state index contributed by atoms with van der Waals surface area (Å²) in [5.41, 5.74) is -1.28. The SMILES string of the molecule is C=CCNC(=O)C(=O)C(CC1CC1)NC(=O)[C@@H]1C(C)[C@@H](C)CN1C(=O)[C@@H](NC(=O)C(NC(=O)c1nccs1)C1(C)CCCCC1)C(C)(C)C. The second-order valence-corrected chi connectivity index (χ2v) is 16.5. The minimum Gasteiger partial charge on any atom is -0.346 e. The first kappa shape index (κ1) is 38.2. The zero-order valence-electron chi connectivity index (χ0n) is 29.8. The summed E-state index contributed by atoms with van der Waals surface area (Å²) in [5.74, 6) is -3.36. The topological polar surface area (TPSA) is 167 Å². The lowest BCUT2D eigenvalue weighted by Gasteiger charge is -2.42. The molecule has 3 unspecified atom stereocenters. The van der Waals surface area contributed by atoms with Crippen LogP contribution < -0.4 is 21.3 Å². The molecule has 5 amide bonds. The maximum atomic E-state index is 14.6. The maximum Gasteiger partial charge on any atom is 0.289 e. The minimum absolute atomic E-state index is 0.0454. The highest BCUT2D eigenvalue weighted by Gasteiger charge is 2.50. The first-order valence-electron chi connectivity index (χ1n) is 17.6. The van der Waals surface area contributed by atoms with Crippen molar-refractivity contribution in [3.05, 3.63) is 29.2 Å². The van der Waals surface area contributed by atoms with Gasteiger partial charge in [-0.15, -0.1) is 17.9 Å². The number of rotatable bonds is 14. The summed E-state index contributed by atoms with van der Waals surface area (Å²) in [4.78, 5) is 87.4. The third-order valence-electron chi connectivity index (χ3n) is 10.6. The highest BCUT2D eigenvalue weighted by molar-refractivity contribution is 7.11. The van der Waals surface area contributed by atoms with Crippen molar-refractivity contribution in [3.8, 4) is 0 Å². The Hall–Kier alpha value is -3.61. The van der Waals surface area contributed by atoms with E-state index in [-0.39, 0.29) is 35.9 Å². The number of likely N-dealkylation sites (tertiary alicyclic amines) is 1. The van der Waals surface area contributed by atoms with E-state index in [9.17, 15) is 28.8 Å². The summed E-state index contributed by atoms with van der Waals surface area (Å²) in [6.07, 6.45) is 9.60. The molecular formula is C36H54N6O6S. The Kier molecular flexibility index (Phi) is 12.4. The fourth-order valence-corrected chi connectivity index (χ4v) is 7.69. The normalized spacial score (nSPS) is 23.8. The molecule has 4 rings (SSSR count). The van der Waals surface area contributed by atoms with Crippen LogP contribution >= 0.6 is 11.3 Å². The highest BCUT2D eigenvalue weighted by atomic mass is 32.1. The van der Waals surface area contributed by atoms with Gasteiger partial charge in [0.25, 0.3) is 11.8 Å². The van der Waals surface area contributed by atoms with Gasteiger partial charge in [0.2, 0.25) is 23.5 Å². The van der Waals surface area contributed by atoms with Gasteiger partial charge < -0.3 is 26.2 Å². The van der Waals surface area contributed by atoms with Gasteiger partial charge in [0.1, 0.15) is 18.1 Å². The molecule has 12 nitrogen and oxygen atoms in total. The third-order valence-corrected chi connectivity index (χ3v) is 11.3. The monoisotopic (exact) mass is 698 g/mol. The number of Topliss-reactive ketones (excluding diaryl/α,β-unsaturated/α-hetero) is 1. The summed E-state index contributed by atoms with van der Waals surface area (Å²) in [5, 5.41) is 13.3. The molecule has 6 atom stereocenters. The third kappa shape index (κ3) is 9.34. The van der Waals surface area contributed by atoms with Crippen LogP contribution in [0.5, 0.6) is 0 Å². The van der Waals surface area contributed by atoms with Crippen LogP contribution in [-0.4, -0.2) is 82.5 Å². The Bertz CT molecular complexity index is 1400. The summed E-state index contributed by atoms with van der Waals surface area (Å²) >= 11 is 1.19. The average Bonchev–Trinajstić information content (AvgIpc) is 3.58. The number of thiazole rings is 1. The molecule has 1 aliphatic heterocycles. The Labute approximate surface area is 294 Å². The molecule has 0 radical (unpaired) electrons. The Balaban J connectivity index is 1.57. The van der Waals surface area contributed by atoms with Crippen LogP contribution in [-0.2, 0) is 24.0 Å². The van der Waals surface area contributed by atoms with E-state index in [1.807, 2.05) is 41.5 Å². The van der Waals surface area contributed by atoms with Gasteiger partial charge in [0.15, 0.2) is 5.01 Å². The molecule has 2 heterocycles. The van der Waals surface area contributed by atoms with Gasteiger partial charge in [-0.2, -0.15) is 0 Å². The number of nitrogens with one attached hydrogen (secondary N) is 4. The smallest absolute Gasteiger partial charge is 0.289 e. The van der Waals surface area contributed by atoms with Crippen molar-refractivity contribution < 1.29 is 28.8 Å². The summed E-state index contributed by atoms with van der Waals surface area (Å²) < 4.78 is 0. The lowest BCUT2D eigenvalue weighted by atomic mass is 9.70. The largest absolute Gasteiger partial charge is 0.346 e. The predicted octanol–water partition coefficient (Wildman–Crippen LogP) is 3.38. The van der Waals surface area contributed by atoms with E-state index < -0.39 is 70.3 Å². The van der Waals surface area contributed by atoms with Gasteiger partial charge in [-0.3, -0.25) is 28.8 Å². The van der Waals surface area contributed by atoms with Gasteiger partial charge >= 0.3 is 0 Å². The van der Waals surface area contributed by atoms with Crippen molar-refractivity contribution in [1.29, 1.82) is 0 Å². The van der Waals surface area contributed by atoms with Crippen molar-refractivity contribution in [2.45, 2.75) is 117 Å². The molecule has 4 N–H and O–H groups in total. The fraction of sp³-hybridized carbons (Fsp3) is 0.694. The lowest BCUT2D eigenvalue weighted by Crippen LogP contribution is -2.63. The summed E-state index contributed by atoms with van der Waals surface area (Å²) in [6, 6.07) is -3.85. The first-order valence-corrected chi connectivity index (χ1v) is 18.5. The highest BCUT2D eigenvalue weighted by Crippen LogP contribution is 2.40. The van der Waals surface area contributed by atoms with Gasteiger partial charge in [-0.05, 0) is 47.8 Å². The van der Waals surface area contributed by atoms with E-state index in [2.05, 4.69) is 32.8 Å². The molecule has 49 heavy (non-hydrogen) atoms. The molecule has 0 spiro atoms. The van der Waals surface area contributed by atoms with E-state index in [1.165, 1.54) is 28.5 Å². The van der Waals surface area contributed by atoms with Crippen molar-refractivity contribution in [3.63, 3.8) is 0 Å². The minimum atomic E-state index is -1.02. The number of aromatic nitrogens is 1. The number of ketones is 1. The van der Waals surface area contributed by atoms with Gasteiger partial charge in [-0.1, -0.05) is 79.7 Å². The molecule has 2 aliphatic carbocycles. The van der Waals surface area contributed by atoms with Crippen LogP contribution in [0.3, 0.4) is 0 Å². The van der Waals surface area contributed by atoms with Crippen molar-refractivity contribution in [1.82, 2.24) is 31.2 Å². The Morgan fingerprint density at radius 1 is 1.06 bits per heavy atom. The molecule has 270 valence electrons. The van der Waals surface area contributed by atoms with Gasteiger partial charge in [-0.25, -0.2) is 4.98 Å². The molecular weight excluding hydrogens is 644 g/mol. The molecule has 13 heteroatoms. The average molecular weight is 699 g/mol. The van der Waals surface area contributed by atoms with Crippen LogP contribution in [0.1, 0.15) is 103 Å². The van der Waals surface area contributed by atoms with Crippen LogP contribution in [0.2, 0.25) is 0 Å². The number of amides is 5. The summed E-state index contributed by atoms with van der Waals surface area (Å²) in [7, 11) is 0. The second-order valence-electron chi connectivity index (χ2n) is 15.6. The van der Waals surface area contributed by atoms with Crippen LogP contribution in [0, 0.1) is 28.6 Å². The van der Waals surface area contributed by atoms with Crippen molar-refractivity contribution in [2.24, 2.45) is 28.6 Å². The van der Waals surface area contributed by atoms with Gasteiger partial charge in [0, 0.05) is 24.7 Å². The van der Waals surface area contributed by atoms with Crippen LogP contribution in [0.4, 0.5) is 0 Å². The number of hydrogen-bond acceptors (Lipinski definition) is 8. The van der Waals surface area contributed by atoms with Crippen LogP contribution in [0.15, 0.2) is 24.2 Å².